The van der Waals surface area contributed by atoms with Crippen molar-refractivity contribution < 1.29 is 6.48 Å². The van der Waals surface area contributed by atoms with E-state index in [0.717, 1.165) is 17.9 Å². The van der Waals surface area contributed by atoms with Crippen LogP contribution in [0.1, 0.15) is 1.37 Å². The molecule has 0 saturated heterocycles. The maximum absolute atomic E-state index is 9.77. The Morgan fingerprint density at radius 2 is 1.92 bits per heavy atom. The Balaban J connectivity index is 3.03. The largest absolute Gasteiger partial charge is 0.507 e. The van der Waals surface area contributed by atoms with Gasteiger partial charge < -0.3 is 5.11 Å². The first kappa shape index (κ1) is 8.28. The average molecular weight is 397 g/mol. The van der Waals surface area contributed by atoms with Gasteiger partial charge in [-0.1, -0.05) is 12.1 Å². The molecule has 0 bridgehead atoms. The van der Waals surface area contributed by atoms with Crippen LogP contribution in [0.4, 0.5) is 0 Å². The third kappa shape index (κ3) is 1.63. The molecule has 3 heteroatoms. The Morgan fingerprint density at radius 1 is 1.15 bits per heavy atom. The fraction of sp³-hybridized carbons (Fsp3) is 0. The standard InChI is InChI=1S/C10H6I2O/c11-7-4-5-9(13)10-6(7)2-1-3-8(10)12/h1-5,13H/i5D. The van der Waals surface area contributed by atoms with Crippen molar-refractivity contribution in [3.05, 3.63) is 37.4 Å². The molecule has 2 aromatic rings. The molecule has 0 radical (unpaired) electrons. The molecule has 66 valence electrons. The average Bonchev–Trinajstić information content (AvgIpc) is 2.14. The van der Waals surface area contributed by atoms with Gasteiger partial charge in [-0.3, -0.25) is 0 Å². The number of hydrogen-bond acceptors (Lipinski definition) is 1. The third-order valence-electron chi connectivity index (χ3n) is 1.84. The summed E-state index contributed by atoms with van der Waals surface area (Å²) in [5.74, 6) is 0.0745. The summed E-state index contributed by atoms with van der Waals surface area (Å²) in [7, 11) is 0. The molecule has 2 rings (SSSR count). The molecule has 0 heterocycles. The van der Waals surface area contributed by atoms with Crippen molar-refractivity contribution in [1.29, 1.82) is 0 Å². The van der Waals surface area contributed by atoms with Gasteiger partial charge in [0, 0.05) is 12.5 Å². The van der Waals surface area contributed by atoms with Gasteiger partial charge in [-0.25, -0.2) is 0 Å². The zero-order valence-electron chi connectivity index (χ0n) is 7.51. The highest BCUT2D eigenvalue weighted by atomic mass is 127. The second kappa shape index (κ2) is 3.61. The van der Waals surface area contributed by atoms with Crippen molar-refractivity contribution in [2.45, 2.75) is 0 Å². The fourth-order valence-corrected chi connectivity index (χ4v) is 2.60. The smallest absolute Gasteiger partial charge is 0.124 e. The highest BCUT2D eigenvalue weighted by Gasteiger charge is 2.05. The van der Waals surface area contributed by atoms with Crippen molar-refractivity contribution in [2.24, 2.45) is 0 Å². The van der Waals surface area contributed by atoms with Gasteiger partial charge in [-0.15, -0.1) is 0 Å². The summed E-state index contributed by atoms with van der Waals surface area (Å²) in [5.41, 5.74) is 0. The molecule has 0 aliphatic rings. The highest BCUT2D eigenvalue weighted by molar-refractivity contribution is 14.1. The van der Waals surface area contributed by atoms with E-state index in [2.05, 4.69) is 45.2 Å². The van der Waals surface area contributed by atoms with Gasteiger partial charge in [-0.05, 0) is 68.7 Å². The summed E-state index contributed by atoms with van der Waals surface area (Å²) in [4.78, 5) is 0. The maximum Gasteiger partial charge on any atom is 0.124 e. The Hall–Kier alpha value is -0.0400. The van der Waals surface area contributed by atoms with E-state index in [1.165, 1.54) is 0 Å². The van der Waals surface area contributed by atoms with Crippen molar-refractivity contribution >= 4 is 56.0 Å². The van der Waals surface area contributed by atoms with Gasteiger partial charge in [0.1, 0.15) is 5.75 Å². The minimum absolute atomic E-state index is 0.0745. The van der Waals surface area contributed by atoms with Gasteiger partial charge in [0.15, 0.2) is 0 Å². The monoisotopic (exact) mass is 397 g/mol. The van der Waals surface area contributed by atoms with Crippen LogP contribution in [0.15, 0.2) is 30.3 Å². The van der Waals surface area contributed by atoms with E-state index >= 15 is 0 Å². The Morgan fingerprint density at radius 3 is 2.69 bits per heavy atom. The van der Waals surface area contributed by atoms with Gasteiger partial charge in [-0.2, -0.15) is 0 Å². The van der Waals surface area contributed by atoms with Crippen molar-refractivity contribution in [1.82, 2.24) is 0 Å². The van der Waals surface area contributed by atoms with Crippen molar-refractivity contribution in [3.63, 3.8) is 0 Å². The highest BCUT2D eigenvalue weighted by Crippen LogP contribution is 2.31. The number of phenolic OH excluding ortho intramolecular Hbond substituents is 1. The molecule has 1 N–H and O–H groups in total. The lowest BCUT2D eigenvalue weighted by Gasteiger charge is -2.04. The topological polar surface area (TPSA) is 20.2 Å². The molecular weight excluding hydrogens is 390 g/mol. The molecule has 1 nitrogen and oxygen atoms in total. The molecule has 0 atom stereocenters. The Bertz CT molecular complexity index is 511. The number of aromatic hydroxyl groups is 1. The van der Waals surface area contributed by atoms with Crippen LogP contribution < -0.4 is 0 Å². The number of phenols is 1. The first-order valence-corrected chi connectivity index (χ1v) is 5.83. The first-order valence-electron chi connectivity index (χ1n) is 4.17. The minimum atomic E-state index is 0.0745. The molecule has 0 amide bonds. The van der Waals surface area contributed by atoms with Crippen LogP contribution in [0.25, 0.3) is 10.8 Å². The van der Waals surface area contributed by atoms with Gasteiger partial charge in [0.2, 0.25) is 0 Å². The zero-order valence-corrected chi connectivity index (χ0v) is 10.8. The lowest BCUT2D eigenvalue weighted by atomic mass is 10.1. The predicted octanol–water partition coefficient (Wildman–Crippen LogP) is 3.75. The van der Waals surface area contributed by atoms with Crippen LogP contribution in [0, 0.1) is 7.14 Å². The summed E-state index contributed by atoms with van der Waals surface area (Å²) < 4.78 is 9.56. The van der Waals surface area contributed by atoms with Gasteiger partial charge in [0.25, 0.3) is 0 Å². The third-order valence-corrected chi connectivity index (χ3v) is 3.63. The molecule has 0 unspecified atom stereocenters. The molecular formula is C10H6I2O. The molecule has 0 saturated carbocycles. The number of halogens is 2. The summed E-state index contributed by atoms with van der Waals surface area (Å²) >= 11 is 4.35. The van der Waals surface area contributed by atoms with Crippen molar-refractivity contribution in [2.75, 3.05) is 0 Å². The second-order valence-electron chi connectivity index (χ2n) is 2.65. The SMILES string of the molecule is [2H]c1cc(I)c2cccc(I)c2c1O. The van der Waals surface area contributed by atoms with Crippen LogP contribution in [-0.2, 0) is 0 Å². The van der Waals surface area contributed by atoms with Gasteiger partial charge >= 0.3 is 0 Å². The second-order valence-corrected chi connectivity index (χ2v) is 4.97. The molecule has 13 heavy (non-hydrogen) atoms. The van der Waals surface area contributed by atoms with Crippen LogP contribution in [-0.4, -0.2) is 5.11 Å². The van der Waals surface area contributed by atoms with E-state index < -0.39 is 0 Å². The van der Waals surface area contributed by atoms with E-state index in [1.807, 2.05) is 18.2 Å². The fourth-order valence-electron chi connectivity index (χ4n) is 1.25. The first-order chi connectivity index (χ1) is 6.61. The van der Waals surface area contributed by atoms with Crippen LogP contribution in [0.3, 0.4) is 0 Å². The summed E-state index contributed by atoms with van der Waals surface area (Å²) in [6.07, 6.45) is 0. The summed E-state index contributed by atoms with van der Waals surface area (Å²) in [5, 5.41) is 11.6. The normalized spacial score (nSPS) is 11.7. The van der Waals surface area contributed by atoms with E-state index in [0.29, 0.717) is 0 Å². The number of benzene rings is 2. The number of rotatable bonds is 0. The van der Waals surface area contributed by atoms with Crippen molar-refractivity contribution in [3.8, 4) is 5.75 Å². The quantitative estimate of drug-likeness (QED) is 0.672. The van der Waals surface area contributed by atoms with E-state index in [1.54, 1.807) is 6.07 Å². The van der Waals surface area contributed by atoms with E-state index in [9.17, 15) is 5.11 Å². The lowest BCUT2D eigenvalue weighted by molar-refractivity contribution is 0.481. The molecule has 0 aromatic heterocycles. The zero-order chi connectivity index (χ0) is 10.3. The number of fused-ring (bicyclic) bond motifs is 1. The molecule has 0 spiro atoms. The molecule has 0 aliphatic carbocycles. The van der Waals surface area contributed by atoms with E-state index in [4.69, 9.17) is 1.37 Å². The van der Waals surface area contributed by atoms with Gasteiger partial charge in [0.05, 0.1) is 1.37 Å². The lowest BCUT2D eigenvalue weighted by Crippen LogP contribution is -1.81. The molecule has 0 fully saturated rings. The molecule has 0 aliphatic heterocycles. The summed E-state index contributed by atoms with van der Waals surface area (Å²) in [6.45, 7) is 0. The predicted molar refractivity (Wildman–Crippen MR) is 71.0 cm³/mol. The number of hydrogen-bond donors (Lipinski definition) is 1. The Labute approximate surface area is 105 Å². The maximum atomic E-state index is 9.77. The minimum Gasteiger partial charge on any atom is -0.507 e. The van der Waals surface area contributed by atoms with Crippen LogP contribution in [0.2, 0.25) is 0 Å². The van der Waals surface area contributed by atoms with Crippen LogP contribution in [0.5, 0.6) is 5.75 Å². The van der Waals surface area contributed by atoms with Crippen LogP contribution >= 0.6 is 45.2 Å². The molecule has 2 aromatic carbocycles. The van der Waals surface area contributed by atoms with E-state index in [-0.39, 0.29) is 11.8 Å². The Kier molecular flexibility index (Phi) is 2.30. The summed E-state index contributed by atoms with van der Waals surface area (Å²) in [6, 6.07) is 7.70.